The summed E-state index contributed by atoms with van der Waals surface area (Å²) in [5, 5.41) is 0.639. The van der Waals surface area contributed by atoms with Crippen LogP contribution in [0.25, 0.3) is 0 Å². The molecule has 2 aromatic rings. The van der Waals surface area contributed by atoms with E-state index in [9.17, 15) is 4.79 Å². The van der Waals surface area contributed by atoms with Gasteiger partial charge >= 0.3 is 0 Å². The molecular weight excluding hydrogens is 272 g/mol. The van der Waals surface area contributed by atoms with E-state index >= 15 is 0 Å². The first-order chi connectivity index (χ1) is 9.47. The quantitative estimate of drug-likeness (QED) is 0.879. The lowest BCUT2D eigenvalue weighted by Crippen LogP contribution is -2.26. The first kappa shape index (κ1) is 14.4. The van der Waals surface area contributed by atoms with Gasteiger partial charge in [0.15, 0.2) is 0 Å². The summed E-state index contributed by atoms with van der Waals surface area (Å²) in [5.74, 6) is -0.0176. The van der Waals surface area contributed by atoms with Crippen molar-refractivity contribution in [3.8, 4) is 0 Å². The normalized spacial score (nSPS) is 10.3. The summed E-state index contributed by atoms with van der Waals surface area (Å²) in [7, 11) is 1.78. The van der Waals surface area contributed by atoms with Gasteiger partial charge in [-0.3, -0.25) is 4.79 Å². The molecule has 2 aromatic carbocycles. The van der Waals surface area contributed by atoms with Crippen molar-refractivity contribution in [1.82, 2.24) is 4.90 Å². The van der Waals surface area contributed by atoms with Crippen LogP contribution in [-0.4, -0.2) is 17.9 Å². The van der Waals surface area contributed by atoms with Crippen LogP contribution in [0.4, 0.5) is 5.69 Å². The minimum absolute atomic E-state index is 0.0176. The van der Waals surface area contributed by atoms with Crippen LogP contribution in [0, 0.1) is 6.92 Å². The number of nitrogens with two attached hydrogens (primary N) is 1. The van der Waals surface area contributed by atoms with Crippen molar-refractivity contribution in [3.05, 3.63) is 64.2 Å². The fraction of sp³-hybridized carbons (Fsp3) is 0.188. The van der Waals surface area contributed by atoms with Crippen molar-refractivity contribution >= 4 is 23.2 Å². The number of nitrogen functional groups attached to an aromatic ring is 1. The Bertz CT molecular complexity index is 623. The lowest BCUT2D eigenvalue weighted by Gasteiger charge is -2.18. The molecular formula is C16H17ClN2O. The number of rotatable bonds is 3. The molecule has 2 N–H and O–H groups in total. The molecule has 0 saturated carbocycles. The number of nitrogens with zero attached hydrogens (tertiary/aromatic N) is 1. The Kier molecular flexibility index (Phi) is 4.30. The lowest BCUT2D eigenvalue weighted by atomic mass is 10.1. The van der Waals surface area contributed by atoms with Crippen LogP contribution < -0.4 is 5.73 Å². The summed E-state index contributed by atoms with van der Waals surface area (Å²) < 4.78 is 0. The van der Waals surface area contributed by atoms with Crippen molar-refractivity contribution in [3.63, 3.8) is 0 Å². The third-order valence-electron chi connectivity index (χ3n) is 3.17. The average molecular weight is 289 g/mol. The van der Waals surface area contributed by atoms with E-state index in [2.05, 4.69) is 0 Å². The van der Waals surface area contributed by atoms with Crippen molar-refractivity contribution < 1.29 is 4.79 Å². The van der Waals surface area contributed by atoms with E-state index in [0.29, 0.717) is 17.1 Å². The van der Waals surface area contributed by atoms with Crippen LogP contribution in [0.3, 0.4) is 0 Å². The van der Waals surface area contributed by atoms with Crippen LogP contribution in [0.2, 0.25) is 5.02 Å². The Morgan fingerprint density at radius 3 is 2.45 bits per heavy atom. The van der Waals surface area contributed by atoms with Crippen molar-refractivity contribution in [2.45, 2.75) is 13.5 Å². The smallest absolute Gasteiger partial charge is 0.254 e. The van der Waals surface area contributed by atoms with E-state index in [4.69, 9.17) is 17.3 Å². The molecule has 0 fully saturated rings. The number of anilines is 1. The fourth-order valence-corrected chi connectivity index (χ4v) is 2.27. The maximum atomic E-state index is 12.4. The lowest BCUT2D eigenvalue weighted by molar-refractivity contribution is 0.0784. The van der Waals surface area contributed by atoms with Crippen LogP contribution in [0.5, 0.6) is 0 Å². The second-order valence-electron chi connectivity index (χ2n) is 4.86. The fourth-order valence-electron chi connectivity index (χ4n) is 2.04. The van der Waals surface area contributed by atoms with E-state index < -0.39 is 0 Å². The van der Waals surface area contributed by atoms with Crippen LogP contribution in [0.15, 0.2) is 42.5 Å². The van der Waals surface area contributed by atoms with E-state index in [1.165, 1.54) is 0 Å². The molecule has 1 amide bonds. The minimum Gasteiger partial charge on any atom is -0.399 e. The second kappa shape index (κ2) is 5.97. The maximum absolute atomic E-state index is 12.4. The molecule has 0 saturated heterocycles. The van der Waals surface area contributed by atoms with Crippen molar-refractivity contribution in [2.24, 2.45) is 0 Å². The van der Waals surface area contributed by atoms with Gasteiger partial charge in [-0.2, -0.15) is 0 Å². The topological polar surface area (TPSA) is 46.3 Å². The highest BCUT2D eigenvalue weighted by atomic mass is 35.5. The molecule has 2 rings (SSSR count). The molecule has 0 aliphatic heterocycles. The summed E-state index contributed by atoms with van der Waals surface area (Å²) >= 11 is 5.91. The van der Waals surface area contributed by atoms with Gasteiger partial charge < -0.3 is 10.6 Å². The Hall–Kier alpha value is -2.00. The molecule has 104 valence electrons. The number of carbonyl (C=O) groups is 1. The monoisotopic (exact) mass is 288 g/mol. The third-order valence-corrected chi connectivity index (χ3v) is 3.40. The molecule has 0 aliphatic rings. The maximum Gasteiger partial charge on any atom is 0.254 e. The number of carbonyl (C=O) groups excluding carboxylic acids is 1. The van der Waals surface area contributed by atoms with Crippen LogP contribution in [0.1, 0.15) is 21.5 Å². The minimum atomic E-state index is -0.0176. The number of hydrogen-bond donors (Lipinski definition) is 1. The molecule has 0 spiro atoms. The standard InChI is InChI=1S/C16H17ClN2O/c1-11-9-13(17)5-8-15(11)16(20)19(2)10-12-3-6-14(18)7-4-12/h3-9H,10,18H2,1-2H3. The van der Waals surface area contributed by atoms with E-state index in [-0.39, 0.29) is 5.91 Å². The molecule has 0 aliphatic carbocycles. The van der Waals surface area contributed by atoms with Gasteiger partial charge in [0.2, 0.25) is 0 Å². The zero-order valence-corrected chi connectivity index (χ0v) is 12.3. The van der Waals surface area contributed by atoms with Gasteiger partial charge in [0.1, 0.15) is 0 Å². The molecule has 4 heteroatoms. The molecule has 3 nitrogen and oxygen atoms in total. The Labute approximate surface area is 124 Å². The predicted octanol–water partition coefficient (Wildman–Crippen LogP) is 3.50. The first-order valence-electron chi connectivity index (χ1n) is 6.33. The van der Waals surface area contributed by atoms with Gasteiger partial charge in [-0.15, -0.1) is 0 Å². The Morgan fingerprint density at radius 1 is 1.20 bits per heavy atom. The molecule has 0 atom stereocenters. The number of aryl methyl sites for hydroxylation is 1. The molecule has 0 heterocycles. The molecule has 0 aromatic heterocycles. The number of halogens is 1. The van der Waals surface area contributed by atoms with Gasteiger partial charge in [0.05, 0.1) is 0 Å². The second-order valence-corrected chi connectivity index (χ2v) is 5.30. The summed E-state index contributed by atoms with van der Waals surface area (Å²) in [6, 6.07) is 12.8. The van der Waals surface area contributed by atoms with E-state index in [0.717, 1.165) is 16.8 Å². The van der Waals surface area contributed by atoms with Crippen molar-refractivity contribution in [1.29, 1.82) is 0 Å². The summed E-state index contributed by atoms with van der Waals surface area (Å²) in [6.07, 6.45) is 0. The van der Waals surface area contributed by atoms with Gasteiger partial charge in [-0.1, -0.05) is 23.7 Å². The van der Waals surface area contributed by atoms with Crippen LogP contribution >= 0.6 is 11.6 Å². The molecule has 0 unspecified atom stereocenters. The summed E-state index contributed by atoms with van der Waals surface area (Å²) in [6.45, 7) is 2.43. The molecule has 20 heavy (non-hydrogen) atoms. The predicted molar refractivity (Wildman–Crippen MR) is 82.8 cm³/mol. The number of hydrogen-bond acceptors (Lipinski definition) is 2. The van der Waals surface area contributed by atoms with Gasteiger partial charge in [0, 0.05) is 29.9 Å². The summed E-state index contributed by atoms with van der Waals surface area (Å²) in [5.41, 5.74) is 8.97. The SMILES string of the molecule is Cc1cc(Cl)ccc1C(=O)N(C)Cc1ccc(N)cc1. The van der Waals surface area contributed by atoms with Crippen LogP contribution in [-0.2, 0) is 6.54 Å². The van der Waals surface area contributed by atoms with E-state index in [1.807, 2.05) is 31.2 Å². The van der Waals surface area contributed by atoms with Gasteiger partial charge in [-0.05, 0) is 48.4 Å². The highest BCUT2D eigenvalue weighted by Gasteiger charge is 2.14. The van der Waals surface area contributed by atoms with Crippen molar-refractivity contribution in [2.75, 3.05) is 12.8 Å². The van der Waals surface area contributed by atoms with E-state index in [1.54, 1.807) is 30.1 Å². The van der Waals surface area contributed by atoms with Gasteiger partial charge in [0.25, 0.3) is 5.91 Å². The largest absolute Gasteiger partial charge is 0.399 e. The first-order valence-corrected chi connectivity index (χ1v) is 6.71. The highest BCUT2D eigenvalue weighted by Crippen LogP contribution is 2.17. The Balaban J connectivity index is 2.14. The average Bonchev–Trinajstić information content (AvgIpc) is 2.40. The number of benzene rings is 2. The number of amides is 1. The third kappa shape index (κ3) is 3.31. The molecule has 0 radical (unpaired) electrons. The zero-order chi connectivity index (χ0) is 14.7. The summed E-state index contributed by atoms with van der Waals surface area (Å²) in [4.78, 5) is 14.1. The Morgan fingerprint density at radius 2 is 1.85 bits per heavy atom. The molecule has 0 bridgehead atoms. The van der Waals surface area contributed by atoms with Gasteiger partial charge in [-0.25, -0.2) is 0 Å². The highest BCUT2D eigenvalue weighted by molar-refractivity contribution is 6.30. The zero-order valence-electron chi connectivity index (χ0n) is 11.6.